The largest absolute Gasteiger partial charge is 0.466 e. The number of rotatable bonds is 5. The van der Waals surface area contributed by atoms with Gasteiger partial charge in [-0.25, -0.2) is 8.42 Å². The number of hydrogen-bond donors (Lipinski definition) is 1. The third-order valence-electron chi connectivity index (χ3n) is 3.51. The van der Waals surface area contributed by atoms with Gasteiger partial charge in [0.15, 0.2) is 9.84 Å². The minimum absolute atomic E-state index is 0.144. The zero-order valence-electron chi connectivity index (χ0n) is 11.3. The van der Waals surface area contributed by atoms with Crippen molar-refractivity contribution in [1.82, 2.24) is 4.90 Å². The maximum absolute atomic E-state index is 12.3. The van der Waals surface area contributed by atoms with Gasteiger partial charge >= 0.3 is 0 Å². The molecule has 1 aromatic rings. The van der Waals surface area contributed by atoms with E-state index in [-0.39, 0.29) is 11.8 Å². The van der Waals surface area contributed by atoms with Gasteiger partial charge in [-0.1, -0.05) is 6.92 Å². The number of furan rings is 1. The quantitative estimate of drug-likeness (QED) is 0.837. The minimum Gasteiger partial charge on any atom is -0.466 e. The molecular weight excluding hydrogens is 364 g/mol. The lowest BCUT2D eigenvalue weighted by Gasteiger charge is -2.39. The van der Waals surface area contributed by atoms with Crippen LogP contribution in [0, 0.1) is 0 Å². The first kappa shape index (κ1) is 16.4. The van der Waals surface area contributed by atoms with Gasteiger partial charge in [0.05, 0.1) is 16.8 Å². The third kappa shape index (κ3) is 3.24. The summed E-state index contributed by atoms with van der Waals surface area (Å²) in [5.74, 6) is 2.34. The highest BCUT2D eigenvalue weighted by Crippen LogP contribution is 2.33. The van der Waals surface area contributed by atoms with Crippen molar-refractivity contribution in [3.05, 3.63) is 22.6 Å². The fourth-order valence-electron chi connectivity index (χ4n) is 2.39. The molecule has 2 unspecified atom stereocenters. The highest BCUT2D eigenvalue weighted by Gasteiger charge is 2.38. The van der Waals surface area contributed by atoms with Crippen molar-refractivity contribution in [3.63, 3.8) is 0 Å². The standard InChI is InChI=1S/C12H19BrN2O3S2/c1-2-20(16,17)11-8-19-6-4-15(11)10(7-14)12-9(13)3-5-18-12/h3,5,10-11H,2,4,6-8,14H2,1H3. The van der Waals surface area contributed by atoms with E-state index in [9.17, 15) is 8.42 Å². The molecule has 2 rings (SSSR count). The van der Waals surface area contributed by atoms with Gasteiger partial charge in [-0.05, 0) is 22.0 Å². The molecule has 1 saturated heterocycles. The summed E-state index contributed by atoms with van der Waals surface area (Å²) in [6, 6.07) is 1.59. The Morgan fingerprint density at radius 3 is 2.95 bits per heavy atom. The molecule has 0 aromatic carbocycles. The Balaban J connectivity index is 2.33. The predicted molar refractivity (Wildman–Crippen MR) is 85.5 cm³/mol. The zero-order chi connectivity index (χ0) is 14.8. The van der Waals surface area contributed by atoms with Gasteiger partial charge in [-0.3, -0.25) is 4.90 Å². The van der Waals surface area contributed by atoms with Crippen LogP contribution in [-0.2, 0) is 9.84 Å². The van der Waals surface area contributed by atoms with E-state index in [2.05, 4.69) is 15.9 Å². The van der Waals surface area contributed by atoms with Gasteiger partial charge < -0.3 is 10.2 Å². The lowest BCUT2D eigenvalue weighted by Crippen LogP contribution is -2.50. The van der Waals surface area contributed by atoms with E-state index < -0.39 is 15.2 Å². The van der Waals surface area contributed by atoms with E-state index in [0.717, 1.165) is 10.2 Å². The zero-order valence-corrected chi connectivity index (χ0v) is 14.5. The molecule has 8 heteroatoms. The van der Waals surface area contributed by atoms with Crippen molar-refractivity contribution in [2.45, 2.75) is 18.3 Å². The van der Waals surface area contributed by atoms with E-state index in [4.69, 9.17) is 10.2 Å². The van der Waals surface area contributed by atoms with E-state index in [1.165, 1.54) is 0 Å². The van der Waals surface area contributed by atoms with Crippen LogP contribution in [-0.4, -0.2) is 49.0 Å². The molecule has 2 atom stereocenters. The van der Waals surface area contributed by atoms with Crippen molar-refractivity contribution in [3.8, 4) is 0 Å². The second-order valence-electron chi connectivity index (χ2n) is 4.60. The number of nitrogens with zero attached hydrogens (tertiary/aromatic N) is 1. The van der Waals surface area contributed by atoms with Gasteiger partial charge in [-0.15, -0.1) is 0 Å². The van der Waals surface area contributed by atoms with Gasteiger partial charge in [0.25, 0.3) is 0 Å². The van der Waals surface area contributed by atoms with Crippen LogP contribution in [0.25, 0.3) is 0 Å². The summed E-state index contributed by atoms with van der Waals surface area (Å²) < 4.78 is 30.9. The molecule has 0 bridgehead atoms. The van der Waals surface area contributed by atoms with Gasteiger partial charge in [0.2, 0.25) is 0 Å². The van der Waals surface area contributed by atoms with E-state index in [1.807, 2.05) is 4.90 Å². The Labute approximate surface area is 132 Å². The highest BCUT2D eigenvalue weighted by molar-refractivity contribution is 9.10. The predicted octanol–water partition coefficient (Wildman–Crippen LogP) is 1.85. The Morgan fingerprint density at radius 2 is 2.40 bits per heavy atom. The first-order valence-electron chi connectivity index (χ1n) is 6.49. The second kappa shape index (κ2) is 6.83. The number of hydrogen-bond acceptors (Lipinski definition) is 6. The molecule has 2 N–H and O–H groups in total. The summed E-state index contributed by atoms with van der Waals surface area (Å²) in [6.45, 7) is 2.71. The van der Waals surface area contributed by atoms with Crippen LogP contribution in [0.4, 0.5) is 0 Å². The van der Waals surface area contributed by atoms with E-state index in [1.54, 1.807) is 31.0 Å². The Kier molecular flexibility index (Phi) is 5.58. The molecule has 0 saturated carbocycles. The van der Waals surface area contributed by atoms with Crippen LogP contribution in [0.3, 0.4) is 0 Å². The van der Waals surface area contributed by atoms with Crippen molar-refractivity contribution >= 4 is 37.5 Å². The number of sulfone groups is 1. The average molecular weight is 383 g/mol. The molecule has 0 radical (unpaired) electrons. The van der Waals surface area contributed by atoms with E-state index in [0.29, 0.717) is 24.6 Å². The third-order valence-corrected chi connectivity index (χ3v) is 7.47. The Bertz CT molecular complexity index is 547. The van der Waals surface area contributed by atoms with Crippen LogP contribution in [0.1, 0.15) is 18.7 Å². The maximum Gasteiger partial charge on any atom is 0.166 e. The molecule has 114 valence electrons. The lowest BCUT2D eigenvalue weighted by molar-refractivity contribution is 0.174. The van der Waals surface area contributed by atoms with Crippen molar-refractivity contribution in [2.24, 2.45) is 5.73 Å². The molecule has 1 aliphatic rings. The molecule has 0 spiro atoms. The summed E-state index contributed by atoms with van der Waals surface area (Å²) in [4.78, 5) is 1.97. The average Bonchev–Trinajstić information content (AvgIpc) is 2.87. The minimum atomic E-state index is -3.14. The van der Waals surface area contributed by atoms with Crippen molar-refractivity contribution < 1.29 is 12.8 Å². The molecule has 2 heterocycles. The van der Waals surface area contributed by atoms with Gasteiger partial charge in [0.1, 0.15) is 11.1 Å². The smallest absolute Gasteiger partial charge is 0.166 e. The number of nitrogens with two attached hydrogens (primary N) is 1. The summed E-state index contributed by atoms with van der Waals surface area (Å²) >= 11 is 5.11. The number of halogens is 1. The number of thioether (sulfide) groups is 1. The van der Waals surface area contributed by atoms with Crippen LogP contribution in [0.5, 0.6) is 0 Å². The summed E-state index contributed by atoms with van der Waals surface area (Å²) in [6.07, 6.45) is 1.59. The van der Waals surface area contributed by atoms with Crippen LogP contribution in [0.15, 0.2) is 21.2 Å². The molecule has 1 aromatic heterocycles. The molecular formula is C12H19BrN2O3S2. The van der Waals surface area contributed by atoms with Crippen molar-refractivity contribution in [2.75, 3.05) is 30.3 Å². The molecule has 1 aliphatic heterocycles. The van der Waals surface area contributed by atoms with E-state index >= 15 is 0 Å². The van der Waals surface area contributed by atoms with Crippen molar-refractivity contribution in [1.29, 1.82) is 0 Å². The molecule has 1 fully saturated rings. The van der Waals surface area contributed by atoms with Crippen LogP contribution >= 0.6 is 27.7 Å². The monoisotopic (exact) mass is 382 g/mol. The first-order valence-corrected chi connectivity index (χ1v) is 10.2. The van der Waals surface area contributed by atoms with Crippen LogP contribution < -0.4 is 5.73 Å². The molecule has 20 heavy (non-hydrogen) atoms. The molecule has 0 amide bonds. The fraction of sp³-hybridized carbons (Fsp3) is 0.667. The Morgan fingerprint density at radius 1 is 1.65 bits per heavy atom. The van der Waals surface area contributed by atoms with Crippen LogP contribution in [0.2, 0.25) is 0 Å². The highest BCUT2D eigenvalue weighted by atomic mass is 79.9. The topological polar surface area (TPSA) is 76.5 Å². The van der Waals surface area contributed by atoms with Gasteiger partial charge in [0, 0.05) is 30.3 Å². The Hall–Kier alpha value is -0.0200. The summed E-state index contributed by atoms with van der Waals surface area (Å²) in [5, 5.41) is -0.489. The molecule has 5 nitrogen and oxygen atoms in total. The summed E-state index contributed by atoms with van der Waals surface area (Å²) in [5.41, 5.74) is 5.89. The summed E-state index contributed by atoms with van der Waals surface area (Å²) in [7, 11) is -3.14. The lowest BCUT2D eigenvalue weighted by atomic mass is 10.2. The first-order chi connectivity index (χ1) is 9.51. The SMILES string of the molecule is CCS(=O)(=O)C1CSCCN1C(CN)c1occc1Br. The van der Waals surface area contributed by atoms with Gasteiger partial charge in [-0.2, -0.15) is 11.8 Å². The maximum atomic E-state index is 12.3. The second-order valence-corrected chi connectivity index (χ2v) is 9.05. The normalized spacial score (nSPS) is 22.9. The fourth-order valence-corrected chi connectivity index (χ4v) is 5.92. The molecule has 0 aliphatic carbocycles.